The molecule has 10 rings (SSSR count). The minimum absolute atomic E-state index is 0.963. The van der Waals surface area contributed by atoms with Gasteiger partial charge in [0.05, 0.1) is 22.8 Å². The quantitative estimate of drug-likeness (QED) is 0.174. The summed E-state index contributed by atoms with van der Waals surface area (Å²) >= 11 is 0. The molecule has 0 saturated carbocycles. The number of rotatable bonds is 5. The maximum Gasteiger partial charge on any atom is 0.0714 e. The van der Waals surface area contributed by atoms with Crippen LogP contribution in [0.4, 0.5) is 0 Å². The number of pyridine rings is 2. The van der Waals surface area contributed by atoms with Crippen LogP contribution in [0.15, 0.2) is 188 Å². The summed E-state index contributed by atoms with van der Waals surface area (Å²) in [6, 6.07) is 62.5. The third-order valence-corrected chi connectivity index (χ3v) is 10.1. The molecule has 0 spiro atoms. The monoisotopic (exact) mass is 649 g/mol. The molecule has 3 aromatic heterocycles. The second-order valence-electron chi connectivity index (χ2n) is 13.0. The summed E-state index contributed by atoms with van der Waals surface area (Å²) in [4.78, 5) is 10.2. The summed E-state index contributed by atoms with van der Waals surface area (Å²) in [7, 11) is 0. The number of nitrogens with zero attached hydrogens (tertiary/aromatic N) is 3. The Hall–Kier alpha value is -6.84. The van der Waals surface area contributed by atoms with E-state index < -0.39 is 0 Å². The van der Waals surface area contributed by atoms with E-state index in [1.807, 2.05) is 12.4 Å². The first-order valence-electron chi connectivity index (χ1n) is 17.3. The molecule has 7 aromatic carbocycles. The lowest BCUT2D eigenvalue weighted by atomic mass is 9.94. The van der Waals surface area contributed by atoms with Crippen LogP contribution < -0.4 is 0 Å². The fourth-order valence-electron chi connectivity index (χ4n) is 7.71. The van der Waals surface area contributed by atoms with E-state index in [1.165, 1.54) is 54.2 Å². The average molecular weight is 650 g/mol. The van der Waals surface area contributed by atoms with Crippen molar-refractivity contribution in [3.63, 3.8) is 0 Å². The summed E-state index contributed by atoms with van der Waals surface area (Å²) in [6.07, 6.45) is 4.02. The molecule has 0 atom stereocenters. The van der Waals surface area contributed by atoms with Crippen molar-refractivity contribution in [1.29, 1.82) is 0 Å². The van der Waals surface area contributed by atoms with Crippen molar-refractivity contribution >= 4 is 43.1 Å². The molecule has 51 heavy (non-hydrogen) atoms. The Morgan fingerprint density at radius 3 is 1.08 bits per heavy atom. The summed E-state index contributed by atoms with van der Waals surface area (Å²) < 4.78 is 2.31. The first kappa shape index (κ1) is 29.1. The first-order valence-corrected chi connectivity index (χ1v) is 17.3. The van der Waals surface area contributed by atoms with Gasteiger partial charge in [-0.05, 0) is 104 Å². The van der Waals surface area contributed by atoms with Crippen molar-refractivity contribution in [2.75, 3.05) is 0 Å². The molecule has 0 unspecified atom stereocenters. The summed E-state index contributed by atoms with van der Waals surface area (Å²) in [5.74, 6) is 0. The summed E-state index contributed by atoms with van der Waals surface area (Å²) in [6.45, 7) is 0. The fourth-order valence-corrected chi connectivity index (χ4v) is 7.71. The zero-order valence-electron chi connectivity index (χ0n) is 27.7. The lowest BCUT2D eigenvalue weighted by molar-refractivity contribution is 1.09. The van der Waals surface area contributed by atoms with Crippen LogP contribution in [0.1, 0.15) is 0 Å². The van der Waals surface area contributed by atoms with Crippen molar-refractivity contribution in [2.24, 2.45) is 0 Å². The van der Waals surface area contributed by atoms with Crippen molar-refractivity contribution < 1.29 is 0 Å². The second-order valence-corrected chi connectivity index (χ2v) is 13.0. The molecule has 0 radical (unpaired) electrons. The molecule has 238 valence electrons. The molecule has 3 heterocycles. The van der Waals surface area contributed by atoms with Crippen LogP contribution in [0.5, 0.6) is 0 Å². The van der Waals surface area contributed by atoms with Gasteiger partial charge >= 0.3 is 0 Å². The molecule has 10 aromatic rings. The van der Waals surface area contributed by atoms with Gasteiger partial charge in [0.1, 0.15) is 0 Å². The zero-order chi connectivity index (χ0) is 33.7. The normalized spacial score (nSPS) is 11.5. The Morgan fingerprint density at radius 2 is 0.706 bits per heavy atom. The number of benzene rings is 7. The van der Waals surface area contributed by atoms with E-state index in [4.69, 9.17) is 9.97 Å². The topological polar surface area (TPSA) is 30.7 Å². The maximum absolute atomic E-state index is 5.11. The molecule has 0 saturated heterocycles. The predicted molar refractivity (Wildman–Crippen MR) is 213 cm³/mol. The molecule has 0 aliphatic carbocycles. The highest BCUT2D eigenvalue weighted by Crippen LogP contribution is 2.39. The summed E-state index contributed by atoms with van der Waals surface area (Å²) in [5, 5.41) is 9.69. The number of hydrogen-bond donors (Lipinski definition) is 0. The lowest BCUT2D eigenvalue weighted by Crippen LogP contribution is -2.00. The van der Waals surface area contributed by atoms with E-state index >= 15 is 0 Å². The van der Waals surface area contributed by atoms with Gasteiger partial charge in [0.15, 0.2) is 0 Å². The Morgan fingerprint density at radius 1 is 0.333 bits per heavy atom. The molecule has 0 aliphatic heterocycles. The highest BCUT2D eigenvalue weighted by atomic mass is 15.0. The molecule has 0 amide bonds. The van der Waals surface area contributed by atoms with Crippen LogP contribution in [-0.4, -0.2) is 14.5 Å². The van der Waals surface area contributed by atoms with Crippen LogP contribution in [0.3, 0.4) is 0 Å². The Labute approximate surface area is 295 Å². The molecule has 3 heteroatoms. The van der Waals surface area contributed by atoms with Gasteiger partial charge < -0.3 is 4.57 Å². The molecular formula is C48H31N3. The number of fused-ring (bicyclic) bond motifs is 4. The van der Waals surface area contributed by atoms with Crippen LogP contribution >= 0.6 is 0 Å². The van der Waals surface area contributed by atoms with Crippen molar-refractivity contribution in [2.45, 2.75) is 0 Å². The van der Waals surface area contributed by atoms with E-state index in [0.29, 0.717) is 0 Å². The Kier molecular flexibility index (Phi) is 6.81. The van der Waals surface area contributed by atoms with E-state index in [2.05, 4.69) is 180 Å². The molecule has 0 aliphatic rings. The van der Waals surface area contributed by atoms with Gasteiger partial charge in [-0.25, -0.2) is 0 Å². The Bertz CT molecular complexity index is 2600. The van der Waals surface area contributed by atoms with Gasteiger partial charge in [-0.15, -0.1) is 0 Å². The fraction of sp³-hybridized carbons (Fsp3) is 0. The van der Waals surface area contributed by atoms with Crippen molar-refractivity contribution in [3.8, 4) is 50.7 Å². The minimum atomic E-state index is 0.963. The van der Waals surface area contributed by atoms with E-state index in [0.717, 1.165) is 39.6 Å². The minimum Gasteiger partial charge on any atom is -0.309 e. The summed E-state index contributed by atoms with van der Waals surface area (Å²) in [5.41, 5.74) is 9.58. The van der Waals surface area contributed by atoms with E-state index in [-0.39, 0.29) is 0 Å². The number of hydrogen-bond acceptors (Lipinski definition) is 2. The van der Waals surface area contributed by atoms with Gasteiger partial charge in [0, 0.05) is 40.3 Å². The van der Waals surface area contributed by atoms with Crippen molar-refractivity contribution in [3.05, 3.63) is 188 Å². The standard InChI is InChI=1S/C48H31N3/c1-2-16-38(17-3-1)51-45(36-22-24-43(49-30-36)47-39-18-8-4-12-32(39)28-33-13-5-9-19-40(33)47)26-27-46(51)37-23-25-44(50-31-37)48-41-20-10-6-14-34(41)29-35-15-7-11-21-42(35)48/h1-31H. The largest absolute Gasteiger partial charge is 0.309 e. The zero-order valence-corrected chi connectivity index (χ0v) is 27.7. The maximum atomic E-state index is 5.11. The van der Waals surface area contributed by atoms with Crippen LogP contribution in [-0.2, 0) is 0 Å². The molecular weight excluding hydrogens is 619 g/mol. The highest BCUT2D eigenvalue weighted by molar-refractivity contribution is 6.13. The van der Waals surface area contributed by atoms with Gasteiger partial charge in [-0.2, -0.15) is 0 Å². The lowest BCUT2D eigenvalue weighted by Gasteiger charge is -2.16. The molecule has 0 fully saturated rings. The number of para-hydroxylation sites is 1. The van der Waals surface area contributed by atoms with Crippen LogP contribution in [0.25, 0.3) is 93.8 Å². The van der Waals surface area contributed by atoms with Crippen molar-refractivity contribution in [1.82, 2.24) is 14.5 Å². The molecule has 3 nitrogen and oxygen atoms in total. The second kappa shape index (κ2) is 11.9. The first-order chi connectivity index (χ1) is 25.3. The SMILES string of the molecule is c1ccc(-n2c(-c3ccc(-c4c5ccccc5cc5ccccc45)nc3)ccc2-c2ccc(-c3c4ccccc4cc4ccccc34)nc2)cc1. The van der Waals surface area contributed by atoms with E-state index in [1.54, 1.807) is 0 Å². The smallest absolute Gasteiger partial charge is 0.0714 e. The predicted octanol–water partition coefficient (Wildman–Crippen LogP) is 12.5. The van der Waals surface area contributed by atoms with Gasteiger partial charge in [-0.3, -0.25) is 9.97 Å². The van der Waals surface area contributed by atoms with E-state index in [9.17, 15) is 0 Å². The Balaban J connectivity index is 1.09. The average Bonchev–Trinajstić information content (AvgIpc) is 3.65. The third kappa shape index (κ3) is 4.90. The van der Waals surface area contributed by atoms with Crippen LogP contribution in [0.2, 0.25) is 0 Å². The van der Waals surface area contributed by atoms with Crippen LogP contribution in [0, 0.1) is 0 Å². The number of aromatic nitrogens is 3. The van der Waals surface area contributed by atoms with Gasteiger partial charge in [0.25, 0.3) is 0 Å². The third-order valence-electron chi connectivity index (χ3n) is 10.1. The molecule has 0 N–H and O–H groups in total. The van der Waals surface area contributed by atoms with Gasteiger partial charge in [-0.1, -0.05) is 115 Å². The molecule has 0 bridgehead atoms. The van der Waals surface area contributed by atoms with Gasteiger partial charge in [0.2, 0.25) is 0 Å². The highest BCUT2D eigenvalue weighted by Gasteiger charge is 2.17.